The summed E-state index contributed by atoms with van der Waals surface area (Å²) < 4.78 is 24.5. The predicted octanol–water partition coefficient (Wildman–Crippen LogP) is 1.04. The zero-order valence-electron chi connectivity index (χ0n) is 7.16. The molecule has 1 atom stereocenters. The van der Waals surface area contributed by atoms with Crippen molar-refractivity contribution in [2.75, 3.05) is 18.2 Å². The van der Waals surface area contributed by atoms with E-state index < -0.39 is 10.0 Å². The maximum Gasteiger partial charge on any atom is 0.215 e. The molecule has 0 N–H and O–H groups in total. The summed E-state index contributed by atoms with van der Waals surface area (Å²) in [7, 11) is -3.06. The molecule has 1 saturated heterocycles. The molecule has 1 unspecified atom stereocenters. The fraction of sp³-hybridized carbons (Fsp3) is 1.00. The molecule has 1 aliphatic rings. The lowest BCUT2D eigenvalue weighted by molar-refractivity contribution is 0.409. The lowest BCUT2D eigenvalue weighted by atomic mass is 10.3. The van der Waals surface area contributed by atoms with Crippen molar-refractivity contribution < 1.29 is 8.42 Å². The van der Waals surface area contributed by atoms with Gasteiger partial charge in [0.05, 0.1) is 5.75 Å². The SMILES string of the molecule is CC1CCCN1S(=O)(=O)CCCl. The van der Waals surface area contributed by atoms with Crippen LogP contribution in [-0.4, -0.2) is 36.9 Å². The zero-order chi connectivity index (χ0) is 9.19. The molecule has 0 aromatic rings. The van der Waals surface area contributed by atoms with Crippen LogP contribution in [-0.2, 0) is 10.0 Å². The van der Waals surface area contributed by atoms with Crippen molar-refractivity contribution in [2.45, 2.75) is 25.8 Å². The van der Waals surface area contributed by atoms with Crippen LogP contribution < -0.4 is 0 Å². The molecule has 1 heterocycles. The fourth-order valence-electron chi connectivity index (χ4n) is 1.53. The Morgan fingerprint density at radius 1 is 1.58 bits per heavy atom. The lowest BCUT2D eigenvalue weighted by Crippen LogP contribution is -2.35. The van der Waals surface area contributed by atoms with Crippen LogP contribution in [0.3, 0.4) is 0 Å². The number of hydrogen-bond acceptors (Lipinski definition) is 2. The van der Waals surface area contributed by atoms with Crippen molar-refractivity contribution in [3.05, 3.63) is 0 Å². The van der Waals surface area contributed by atoms with Gasteiger partial charge in [0.15, 0.2) is 0 Å². The van der Waals surface area contributed by atoms with E-state index in [1.54, 1.807) is 4.31 Å². The van der Waals surface area contributed by atoms with Gasteiger partial charge in [-0.25, -0.2) is 8.42 Å². The summed E-state index contributed by atoms with van der Waals surface area (Å²) in [5.74, 6) is 0.254. The number of rotatable bonds is 3. The van der Waals surface area contributed by atoms with Crippen LogP contribution in [0.25, 0.3) is 0 Å². The van der Waals surface area contributed by atoms with E-state index in [-0.39, 0.29) is 17.7 Å². The van der Waals surface area contributed by atoms with Gasteiger partial charge in [-0.05, 0) is 19.8 Å². The maximum atomic E-state index is 11.5. The predicted molar refractivity (Wildman–Crippen MR) is 49.9 cm³/mol. The largest absolute Gasteiger partial charge is 0.215 e. The van der Waals surface area contributed by atoms with E-state index in [4.69, 9.17) is 11.6 Å². The molecule has 0 bridgehead atoms. The molecule has 3 nitrogen and oxygen atoms in total. The Hall–Kier alpha value is 0.200. The summed E-state index contributed by atoms with van der Waals surface area (Å²) in [5.41, 5.74) is 0. The number of alkyl halides is 1. The average Bonchev–Trinajstić information content (AvgIpc) is 2.35. The summed E-state index contributed by atoms with van der Waals surface area (Å²) in [6.45, 7) is 2.61. The minimum absolute atomic E-state index is 0.0683. The van der Waals surface area contributed by atoms with Gasteiger partial charge >= 0.3 is 0 Å². The first kappa shape index (κ1) is 10.3. The van der Waals surface area contributed by atoms with Gasteiger partial charge in [0.25, 0.3) is 0 Å². The molecular weight excluding hydrogens is 198 g/mol. The first-order valence-corrected chi connectivity index (χ1v) is 6.28. The van der Waals surface area contributed by atoms with Crippen molar-refractivity contribution in [1.82, 2.24) is 4.31 Å². The van der Waals surface area contributed by atoms with E-state index in [2.05, 4.69) is 0 Å². The van der Waals surface area contributed by atoms with Gasteiger partial charge in [-0.3, -0.25) is 0 Å². The Morgan fingerprint density at radius 3 is 2.67 bits per heavy atom. The van der Waals surface area contributed by atoms with E-state index >= 15 is 0 Å². The van der Waals surface area contributed by atoms with Gasteiger partial charge in [-0.2, -0.15) is 4.31 Å². The van der Waals surface area contributed by atoms with Crippen molar-refractivity contribution in [3.8, 4) is 0 Å². The molecule has 0 aliphatic carbocycles. The van der Waals surface area contributed by atoms with Gasteiger partial charge in [0, 0.05) is 18.5 Å². The monoisotopic (exact) mass is 211 g/mol. The smallest absolute Gasteiger partial charge is 0.212 e. The van der Waals surface area contributed by atoms with E-state index in [0.29, 0.717) is 6.54 Å². The second kappa shape index (κ2) is 3.94. The quantitative estimate of drug-likeness (QED) is 0.655. The molecule has 72 valence electrons. The van der Waals surface area contributed by atoms with Crippen LogP contribution in [0.4, 0.5) is 0 Å². The van der Waals surface area contributed by atoms with Crippen LogP contribution in [0.15, 0.2) is 0 Å². The van der Waals surface area contributed by atoms with Gasteiger partial charge in [-0.1, -0.05) is 0 Å². The maximum absolute atomic E-state index is 11.5. The van der Waals surface area contributed by atoms with Gasteiger partial charge in [0.2, 0.25) is 10.0 Å². The molecule has 0 aromatic heterocycles. The molecule has 1 aliphatic heterocycles. The first-order valence-electron chi connectivity index (χ1n) is 4.13. The Balaban J connectivity index is 2.68. The summed E-state index contributed by atoms with van der Waals surface area (Å²) in [5, 5.41) is 0. The van der Waals surface area contributed by atoms with Gasteiger partial charge in [-0.15, -0.1) is 11.6 Å². The molecule has 0 amide bonds. The number of hydrogen-bond donors (Lipinski definition) is 0. The fourth-order valence-corrected chi connectivity index (χ4v) is 3.61. The Morgan fingerprint density at radius 2 is 2.25 bits per heavy atom. The van der Waals surface area contributed by atoms with E-state index in [9.17, 15) is 8.42 Å². The lowest BCUT2D eigenvalue weighted by Gasteiger charge is -2.19. The average molecular weight is 212 g/mol. The van der Waals surface area contributed by atoms with Crippen molar-refractivity contribution in [1.29, 1.82) is 0 Å². The third-order valence-corrected chi connectivity index (χ3v) is 4.57. The van der Waals surface area contributed by atoms with Crippen molar-refractivity contribution >= 4 is 21.6 Å². The molecule has 0 saturated carbocycles. The Bertz CT molecular complexity index is 240. The highest BCUT2D eigenvalue weighted by Crippen LogP contribution is 2.20. The molecule has 5 heteroatoms. The first-order chi connectivity index (χ1) is 5.58. The molecule has 12 heavy (non-hydrogen) atoms. The highest BCUT2D eigenvalue weighted by Gasteiger charge is 2.30. The van der Waals surface area contributed by atoms with Crippen LogP contribution in [0, 0.1) is 0 Å². The van der Waals surface area contributed by atoms with E-state index in [1.165, 1.54) is 0 Å². The second-order valence-corrected chi connectivity index (χ2v) is 5.53. The normalized spacial score (nSPS) is 26.3. The highest BCUT2D eigenvalue weighted by atomic mass is 35.5. The van der Waals surface area contributed by atoms with E-state index in [1.807, 2.05) is 6.92 Å². The molecule has 1 fully saturated rings. The molecule has 0 radical (unpaired) electrons. The Kier molecular flexibility index (Phi) is 3.37. The Labute approximate surface area is 78.7 Å². The molecule has 0 aromatic carbocycles. The minimum atomic E-state index is -3.06. The third kappa shape index (κ3) is 2.12. The summed E-state index contributed by atoms with van der Waals surface area (Å²) in [6, 6.07) is 0.165. The van der Waals surface area contributed by atoms with Crippen LogP contribution >= 0.6 is 11.6 Å². The van der Waals surface area contributed by atoms with Crippen LogP contribution in [0.5, 0.6) is 0 Å². The van der Waals surface area contributed by atoms with Crippen molar-refractivity contribution in [3.63, 3.8) is 0 Å². The summed E-state index contributed by atoms with van der Waals surface area (Å²) >= 11 is 5.41. The van der Waals surface area contributed by atoms with Crippen LogP contribution in [0.1, 0.15) is 19.8 Å². The minimum Gasteiger partial charge on any atom is -0.212 e. The highest BCUT2D eigenvalue weighted by molar-refractivity contribution is 7.89. The summed E-state index contributed by atoms with van der Waals surface area (Å²) in [6.07, 6.45) is 1.95. The standard InChI is InChI=1S/C7H14ClNO2S/c1-7-3-2-5-9(7)12(10,11)6-4-8/h7H,2-6H2,1H3. The van der Waals surface area contributed by atoms with Crippen molar-refractivity contribution in [2.24, 2.45) is 0 Å². The number of sulfonamides is 1. The number of halogens is 1. The molecule has 1 rings (SSSR count). The number of nitrogens with zero attached hydrogens (tertiary/aromatic N) is 1. The summed E-state index contributed by atoms with van der Waals surface area (Å²) in [4.78, 5) is 0. The zero-order valence-corrected chi connectivity index (χ0v) is 8.74. The third-order valence-electron chi connectivity index (χ3n) is 2.18. The molecular formula is C7H14ClNO2S. The van der Waals surface area contributed by atoms with Crippen LogP contribution in [0.2, 0.25) is 0 Å². The van der Waals surface area contributed by atoms with E-state index in [0.717, 1.165) is 12.8 Å². The topological polar surface area (TPSA) is 37.4 Å². The van der Waals surface area contributed by atoms with Gasteiger partial charge < -0.3 is 0 Å². The second-order valence-electron chi connectivity index (χ2n) is 3.11. The van der Waals surface area contributed by atoms with Gasteiger partial charge in [0.1, 0.15) is 0 Å². The molecule has 0 spiro atoms.